The van der Waals surface area contributed by atoms with Gasteiger partial charge in [0.05, 0.1) is 0 Å². The number of fused-ring (bicyclic) bond motifs is 6. The second-order valence-electron chi connectivity index (χ2n) is 14.0. The summed E-state index contributed by atoms with van der Waals surface area (Å²) in [4.78, 5) is 14.9. The molecule has 0 fully saturated rings. The van der Waals surface area contributed by atoms with Crippen LogP contribution in [0.15, 0.2) is 164 Å². The van der Waals surface area contributed by atoms with Crippen molar-refractivity contribution in [2.24, 2.45) is 0 Å². The van der Waals surface area contributed by atoms with Crippen molar-refractivity contribution >= 4 is 0 Å². The van der Waals surface area contributed by atoms with Crippen molar-refractivity contribution in [3.63, 3.8) is 0 Å². The average Bonchev–Trinajstić information content (AvgIpc) is 3.46. The standard InChI is InChI=1S/C48H33N3O2/c1-48(2)38-19-10-9-18-37(38)43-39(48)25-27-41-44(43)53-40-26-24-35(29-42(40)52-41)34-16-11-17-36(28-34)47-50-45(32-14-7-4-8-15-32)49-46(51-47)33-22-20-31(21-23-33)30-12-5-3-6-13-30/h3-29H,1-2H3. The molecule has 8 aromatic rings. The zero-order valence-corrected chi connectivity index (χ0v) is 29.2. The molecule has 0 radical (unpaired) electrons. The van der Waals surface area contributed by atoms with Crippen LogP contribution in [0.4, 0.5) is 0 Å². The van der Waals surface area contributed by atoms with Crippen molar-refractivity contribution in [2.45, 2.75) is 19.3 Å². The maximum absolute atomic E-state index is 6.65. The molecule has 53 heavy (non-hydrogen) atoms. The first-order chi connectivity index (χ1) is 26.0. The Labute approximate surface area is 308 Å². The highest BCUT2D eigenvalue weighted by atomic mass is 16.6. The van der Waals surface area contributed by atoms with E-state index in [9.17, 15) is 0 Å². The quantitative estimate of drug-likeness (QED) is 0.181. The number of aromatic nitrogens is 3. The minimum absolute atomic E-state index is 0.117. The van der Waals surface area contributed by atoms with Gasteiger partial charge in [0.15, 0.2) is 40.5 Å². The summed E-state index contributed by atoms with van der Waals surface area (Å²) >= 11 is 0. The maximum Gasteiger partial charge on any atom is 0.178 e. The second-order valence-corrected chi connectivity index (χ2v) is 14.0. The summed E-state index contributed by atoms with van der Waals surface area (Å²) in [5.74, 6) is 4.72. The lowest BCUT2D eigenvalue weighted by Crippen LogP contribution is -2.15. The summed E-state index contributed by atoms with van der Waals surface area (Å²) < 4.78 is 13.2. The Kier molecular flexibility index (Phi) is 7.08. The van der Waals surface area contributed by atoms with Crippen molar-refractivity contribution in [3.05, 3.63) is 175 Å². The Hall–Kier alpha value is -6.85. The highest BCUT2D eigenvalue weighted by molar-refractivity contribution is 5.88. The number of rotatable bonds is 5. The minimum Gasteiger partial charge on any atom is -0.449 e. The molecule has 0 amide bonds. The molecule has 252 valence electrons. The summed E-state index contributed by atoms with van der Waals surface area (Å²) in [6, 6.07) is 56.0. The first kappa shape index (κ1) is 30.9. The molecule has 0 spiro atoms. The fraction of sp³-hybridized carbons (Fsp3) is 0.0625. The zero-order chi connectivity index (χ0) is 35.5. The molecule has 1 aliphatic carbocycles. The van der Waals surface area contributed by atoms with Crippen LogP contribution in [-0.2, 0) is 5.41 Å². The Balaban J connectivity index is 1.00. The monoisotopic (exact) mass is 683 g/mol. The number of ether oxygens (including phenoxy) is 2. The van der Waals surface area contributed by atoms with E-state index in [4.69, 9.17) is 24.4 Å². The Morgan fingerprint density at radius 2 is 0.906 bits per heavy atom. The first-order valence-electron chi connectivity index (χ1n) is 17.8. The highest BCUT2D eigenvalue weighted by Gasteiger charge is 2.39. The molecule has 0 saturated carbocycles. The molecule has 0 saturated heterocycles. The first-order valence-corrected chi connectivity index (χ1v) is 17.8. The van der Waals surface area contributed by atoms with Crippen LogP contribution in [0.3, 0.4) is 0 Å². The van der Waals surface area contributed by atoms with E-state index >= 15 is 0 Å². The topological polar surface area (TPSA) is 57.1 Å². The minimum atomic E-state index is -0.117. The lowest BCUT2D eigenvalue weighted by Gasteiger charge is -2.25. The van der Waals surface area contributed by atoms with Gasteiger partial charge in [-0.1, -0.05) is 153 Å². The molecule has 5 heteroatoms. The summed E-state index contributed by atoms with van der Waals surface area (Å²) in [6.07, 6.45) is 0. The van der Waals surface area contributed by atoms with Gasteiger partial charge in [0.1, 0.15) is 0 Å². The third-order valence-corrected chi connectivity index (χ3v) is 10.4. The Morgan fingerprint density at radius 3 is 1.66 bits per heavy atom. The maximum atomic E-state index is 6.65. The van der Waals surface area contributed by atoms with E-state index in [2.05, 4.69) is 111 Å². The van der Waals surface area contributed by atoms with Crippen LogP contribution < -0.4 is 9.47 Å². The summed E-state index contributed by atoms with van der Waals surface area (Å²) in [7, 11) is 0. The lowest BCUT2D eigenvalue weighted by atomic mass is 9.82. The van der Waals surface area contributed by atoms with Gasteiger partial charge in [-0.25, -0.2) is 15.0 Å². The van der Waals surface area contributed by atoms with Gasteiger partial charge in [0.25, 0.3) is 0 Å². The van der Waals surface area contributed by atoms with Crippen LogP contribution >= 0.6 is 0 Å². The van der Waals surface area contributed by atoms with E-state index in [1.807, 2.05) is 66.7 Å². The number of hydrogen-bond acceptors (Lipinski definition) is 5. The SMILES string of the molecule is CC1(C)c2ccccc2-c2c1ccc1c2Oc2ccc(-c3cccc(-c4nc(-c5ccccc5)nc(-c5ccc(-c6ccccc6)cc5)n4)c3)cc2O1. The lowest BCUT2D eigenvalue weighted by molar-refractivity contribution is 0.360. The molecular formula is C48H33N3O2. The number of benzene rings is 7. The smallest absolute Gasteiger partial charge is 0.178 e. The summed E-state index contributed by atoms with van der Waals surface area (Å²) in [6.45, 7) is 4.54. The largest absolute Gasteiger partial charge is 0.449 e. The van der Waals surface area contributed by atoms with Crippen LogP contribution in [0.25, 0.3) is 67.5 Å². The molecule has 10 rings (SSSR count). The van der Waals surface area contributed by atoms with Gasteiger partial charge in [-0.05, 0) is 63.2 Å². The molecule has 0 atom stereocenters. The van der Waals surface area contributed by atoms with Gasteiger partial charge >= 0.3 is 0 Å². The van der Waals surface area contributed by atoms with E-state index in [-0.39, 0.29) is 5.41 Å². The van der Waals surface area contributed by atoms with Crippen molar-refractivity contribution in [1.29, 1.82) is 0 Å². The van der Waals surface area contributed by atoms with E-state index in [1.165, 1.54) is 22.3 Å². The predicted molar refractivity (Wildman–Crippen MR) is 211 cm³/mol. The molecule has 2 heterocycles. The summed E-state index contributed by atoms with van der Waals surface area (Å²) in [5.41, 5.74) is 11.8. The van der Waals surface area contributed by atoms with Crippen molar-refractivity contribution < 1.29 is 9.47 Å². The van der Waals surface area contributed by atoms with Crippen LogP contribution in [0.5, 0.6) is 23.0 Å². The number of nitrogens with zero attached hydrogens (tertiary/aromatic N) is 3. The Bertz CT molecular complexity index is 2690. The molecule has 0 unspecified atom stereocenters. The molecule has 1 aromatic heterocycles. The average molecular weight is 684 g/mol. The van der Waals surface area contributed by atoms with Crippen LogP contribution in [0.1, 0.15) is 25.0 Å². The van der Waals surface area contributed by atoms with Gasteiger partial charge in [0, 0.05) is 27.7 Å². The second kappa shape index (κ2) is 12.1. The zero-order valence-electron chi connectivity index (χ0n) is 29.2. The normalized spacial score (nSPS) is 13.2. The fourth-order valence-electron chi connectivity index (χ4n) is 7.64. The highest BCUT2D eigenvalue weighted by Crippen LogP contribution is 2.58. The van der Waals surface area contributed by atoms with Gasteiger partial charge in [-0.2, -0.15) is 0 Å². The van der Waals surface area contributed by atoms with Gasteiger partial charge in [-0.15, -0.1) is 0 Å². The molecule has 0 bridgehead atoms. The number of hydrogen-bond donors (Lipinski definition) is 0. The Morgan fingerprint density at radius 1 is 0.377 bits per heavy atom. The summed E-state index contributed by atoms with van der Waals surface area (Å²) in [5, 5.41) is 0. The molecule has 1 aliphatic heterocycles. The van der Waals surface area contributed by atoms with Gasteiger partial charge in [-0.3, -0.25) is 0 Å². The molecule has 7 aromatic carbocycles. The van der Waals surface area contributed by atoms with Crippen LogP contribution in [0, 0.1) is 0 Å². The molecule has 2 aliphatic rings. The van der Waals surface area contributed by atoms with Gasteiger partial charge in [0.2, 0.25) is 0 Å². The van der Waals surface area contributed by atoms with E-state index in [1.54, 1.807) is 0 Å². The molecule has 0 N–H and O–H groups in total. The van der Waals surface area contributed by atoms with E-state index in [0.717, 1.165) is 50.4 Å². The molecule has 5 nitrogen and oxygen atoms in total. The van der Waals surface area contributed by atoms with Crippen molar-refractivity contribution in [3.8, 4) is 90.5 Å². The van der Waals surface area contributed by atoms with E-state index in [0.29, 0.717) is 29.0 Å². The van der Waals surface area contributed by atoms with Gasteiger partial charge < -0.3 is 9.47 Å². The van der Waals surface area contributed by atoms with Crippen molar-refractivity contribution in [1.82, 2.24) is 15.0 Å². The third-order valence-electron chi connectivity index (χ3n) is 10.4. The van der Waals surface area contributed by atoms with Crippen LogP contribution in [-0.4, -0.2) is 15.0 Å². The van der Waals surface area contributed by atoms with E-state index < -0.39 is 0 Å². The predicted octanol–water partition coefficient (Wildman–Crippen LogP) is 12.4. The fourth-order valence-corrected chi connectivity index (χ4v) is 7.64. The molecular weight excluding hydrogens is 651 g/mol. The van der Waals surface area contributed by atoms with Crippen LogP contribution in [0.2, 0.25) is 0 Å². The van der Waals surface area contributed by atoms with Crippen molar-refractivity contribution in [2.75, 3.05) is 0 Å². The third kappa shape index (κ3) is 5.28.